The van der Waals surface area contributed by atoms with Crippen molar-refractivity contribution in [3.63, 3.8) is 0 Å². The van der Waals surface area contributed by atoms with Gasteiger partial charge < -0.3 is 15.5 Å². The molecule has 1 amide bonds. The molecule has 3 rings (SSSR count). The molecule has 0 aliphatic carbocycles. The van der Waals surface area contributed by atoms with Crippen LogP contribution < -0.4 is 10.6 Å². The van der Waals surface area contributed by atoms with Gasteiger partial charge >= 0.3 is 0 Å². The lowest BCUT2D eigenvalue weighted by Crippen LogP contribution is -2.48. The predicted molar refractivity (Wildman–Crippen MR) is 112 cm³/mol. The Hall–Kier alpha value is -1.75. The molecule has 6 heteroatoms. The van der Waals surface area contributed by atoms with Crippen LogP contribution >= 0.6 is 24.8 Å². The van der Waals surface area contributed by atoms with Gasteiger partial charge in [-0.15, -0.1) is 24.8 Å². The van der Waals surface area contributed by atoms with E-state index >= 15 is 0 Å². The molecule has 0 aromatic heterocycles. The lowest BCUT2D eigenvalue weighted by molar-refractivity contribution is -0.133. The van der Waals surface area contributed by atoms with Crippen LogP contribution in [0, 0.1) is 0 Å². The number of benzene rings is 2. The van der Waals surface area contributed by atoms with E-state index in [4.69, 9.17) is 5.73 Å². The SMILES string of the molecule is CN(c1ccccc1)C1CCN(C(=O)C(N)c2ccccc2)CC1.Cl.Cl. The van der Waals surface area contributed by atoms with Crippen molar-refractivity contribution in [2.75, 3.05) is 25.0 Å². The third-order valence-electron chi connectivity index (χ3n) is 4.91. The Balaban J connectivity index is 0.00000169. The summed E-state index contributed by atoms with van der Waals surface area (Å²) in [5.74, 6) is 0.0296. The molecule has 0 radical (unpaired) electrons. The maximum absolute atomic E-state index is 12.6. The van der Waals surface area contributed by atoms with E-state index in [1.807, 2.05) is 41.3 Å². The fourth-order valence-electron chi connectivity index (χ4n) is 3.35. The fraction of sp³-hybridized carbons (Fsp3) is 0.350. The molecule has 1 saturated heterocycles. The van der Waals surface area contributed by atoms with Crippen LogP contribution in [0.1, 0.15) is 24.4 Å². The van der Waals surface area contributed by atoms with E-state index < -0.39 is 6.04 Å². The van der Waals surface area contributed by atoms with Gasteiger partial charge in [0, 0.05) is 31.9 Å². The zero-order valence-corrected chi connectivity index (χ0v) is 16.6. The van der Waals surface area contributed by atoms with E-state index in [9.17, 15) is 4.79 Å². The molecule has 1 aliphatic heterocycles. The van der Waals surface area contributed by atoms with Crippen LogP contribution in [0.5, 0.6) is 0 Å². The van der Waals surface area contributed by atoms with E-state index in [-0.39, 0.29) is 30.7 Å². The molecule has 0 spiro atoms. The van der Waals surface area contributed by atoms with Gasteiger partial charge in [0.25, 0.3) is 0 Å². The highest BCUT2D eigenvalue weighted by atomic mass is 35.5. The molecule has 4 nitrogen and oxygen atoms in total. The Labute approximate surface area is 168 Å². The minimum absolute atomic E-state index is 0. The third-order valence-corrected chi connectivity index (χ3v) is 4.91. The molecule has 1 atom stereocenters. The highest BCUT2D eigenvalue weighted by Crippen LogP contribution is 2.23. The van der Waals surface area contributed by atoms with E-state index in [0.717, 1.165) is 31.5 Å². The summed E-state index contributed by atoms with van der Waals surface area (Å²) in [6.07, 6.45) is 1.94. The van der Waals surface area contributed by atoms with Crippen LogP contribution in [0.4, 0.5) is 5.69 Å². The summed E-state index contributed by atoms with van der Waals surface area (Å²) >= 11 is 0. The molecule has 1 unspecified atom stereocenters. The largest absolute Gasteiger partial charge is 0.371 e. The van der Waals surface area contributed by atoms with Crippen LogP contribution in [-0.4, -0.2) is 37.0 Å². The zero-order chi connectivity index (χ0) is 16.9. The van der Waals surface area contributed by atoms with Gasteiger partial charge in [-0.1, -0.05) is 48.5 Å². The number of hydrogen-bond donors (Lipinski definition) is 1. The van der Waals surface area contributed by atoms with Crippen molar-refractivity contribution < 1.29 is 4.79 Å². The molecule has 2 N–H and O–H groups in total. The van der Waals surface area contributed by atoms with Gasteiger partial charge in [-0.3, -0.25) is 4.79 Å². The fourth-order valence-corrected chi connectivity index (χ4v) is 3.35. The maximum atomic E-state index is 12.6. The van der Waals surface area contributed by atoms with Gasteiger partial charge in [0.05, 0.1) is 0 Å². The van der Waals surface area contributed by atoms with E-state index in [1.165, 1.54) is 5.69 Å². The molecule has 0 saturated carbocycles. The van der Waals surface area contributed by atoms with Gasteiger partial charge in [0.2, 0.25) is 5.91 Å². The van der Waals surface area contributed by atoms with Crippen LogP contribution in [0.2, 0.25) is 0 Å². The van der Waals surface area contributed by atoms with Gasteiger partial charge in [0.15, 0.2) is 0 Å². The highest BCUT2D eigenvalue weighted by Gasteiger charge is 2.28. The number of rotatable bonds is 4. The first-order chi connectivity index (χ1) is 11.7. The van der Waals surface area contributed by atoms with Crippen molar-refractivity contribution in [3.8, 4) is 0 Å². The van der Waals surface area contributed by atoms with Crippen LogP contribution in [0.3, 0.4) is 0 Å². The Kier molecular flexibility index (Phi) is 8.93. The normalized spacial score (nSPS) is 15.4. The molecular weight excluding hydrogens is 369 g/mol. The predicted octanol–water partition coefficient (Wildman–Crippen LogP) is 3.66. The standard InChI is InChI=1S/C20H25N3O.2ClH/c1-22(17-10-6-3-7-11-17)18-12-14-23(15-13-18)20(24)19(21)16-8-4-2-5-9-16;;/h2-11,18-19H,12-15,21H2,1H3;2*1H. The number of piperidine rings is 1. The van der Waals surface area contributed by atoms with Gasteiger partial charge in [-0.05, 0) is 30.5 Å². The minimum Gasteiger partial charge on any atom is -0.371 e. The van der Waals surface area contributed by atoms with Crippen LogP contribution in [0.15, 0.2) is 60.7 Å². The average molecular weight is 396 g/mol. The number of carbonyl (C=O) groups excluding carboxylic acids is 1. The van der Waals surface area contributed by atoms with Crippen molar-refractivity contribution in [2.24, 2.45) is 5.73 Å². The summed E-state index contributed by atoms with van der Waals surface area (Å²) in [5, 5.41) is 0. The summed E-state index contributed by atoms with van der Waals surface area (Å²) in [7, 11) is 2.13. The number of carbonyl (C=O) groups is 1. The summed E-state index contributed by atoms with van der Waals surface area (Å²) in [6, 6.07) is 19.9. The molecule has 1 heterocycles. The van der Waals surface area contributed by atoms with Gasteiger partial charge in [0.1, 0.15) is 6.04 Å². The molecule has 1 fully saturated rings. The summed E-state index contributed by atoms with van der Waals surface area (Å²) in [4.78, 5) is 16.9. The molecule has 142 valence electrons. The number of nitrogens with two attached hydrogens (primary N) is 1. The quantitative estimate of drug-likeness (QED) is 0.858. The first kappa shape index (κ1) is 22.3. The van der Waals surface area contributed by atoms with Crippen molar-refractivity contribution >= 4 is 36.4 Å². The molecule has 2 aromatic rings. The van der Waals surface area contributed by atoms with Crippen molar-refractivity contribution in [3.05, 3.63) is 66.2 Å². The van der Waals surface area contributed by atoms with Crippen molar-refractivity contribution in [2.45, 2.75) is 24.9 Å². The first-order valence-electron chi connectivity index (χ1n) is 8.54. The molecule has 26 heavy (non-hydrogen) atoms. The van der Waals surface area contributed by atoms with Crippen LogP contribution in [-0.2, 0) is 4.79 Å². The number of likely N-dealkylation sites (tertiary alicyclic amines) is 1. The monoisotopic (exact) mass is 395 g/mol. The van der Waals surface area contributed by atoms with E-state index in [0.29, 0.717) is 6.04 Å². The summed E-state index contributed by atoms with van der Waals surface area (Å²) < 4.78 is 0. The van der Waals surface area contributed by atoms with Crippen molar-refractivity contribution in [1.82, 2.24) is 4.90 Å². The van der Waals surface area contributed by atoms with E-state index in [2.05, 4.69) is 36.2 Å². The lowest BCUT2D eigenvalue weighted by Gasteiger charge is -2.38. The summed E-state index contributed by atoms with van der Waals surface area (Å²) in [5.41, 5.74) is 8.26. The molecule has 0 bridgehead atoms. The van der Waals surface area contributed by atoms with E-state index in [1.54, 1.807) is 0 Å². The number of para-hydroxylation sites is 1. The topological polar surface area (TPSA) is 49.6 Å². The number of hydrogen-bond acceptors (Lipinski definition) is 3. The highest BCUT2D eigenvalue weighted by molar-refractivity contribution is 5.85. The molecular formula is C20H27Cl2N3O. The number of nitrogens with zero attached hydrogens (tertiary/aromatic N) is 2. The Morgan fingerprint density at radius 1 is 1.00 bits per heavy atom. The second-order valence-corrected chi connectivity index (χ2v) is 6.39. The molecule has 2 aromatic carbocycles. The second kappa shape index (κ2) is 10.4. The smallest absolute Gasteiger partial charge is 0.244 e. The van der Waals surface area contributed by atoms with Crippen LogP contribution in [0.25, 0.3) is 0 Å². The Bertz CT molecular complexity index is 661. The van der Waals surface area contributed by atoms with Gasteiger partial charge in [-0.25, -0.2) is 0 Å². The zero-order valence-electron chi connectivity index (χ0n) is 15.0. The minimum atomic E-state index is -0.561. The average Bonchev–Trinajstić information content (AvgIpc) is 2.68. The maximum Gasteiger partial charge on any atom is 0.244 e. The first-order valence-corrected chi connectivity index (χ1v) is 8.54. The second-order valence-electron chi connectivity index (χ2n) is 6.39. The summed E-state index contributed by atoms with van der Waals surface area (Å²) in [6.45, 7) is 1.53. The number of anilines is 1. The molecule has 1 aliphatic rings. The number of amides is 1. The lowest BCUT2D eigenvalue weighted by atomic mass is 10.0. The van der Waals surface area contributed by atoms with Crippen molar-refractivity contribution in [1.29, 1.82) is 0 Å². The third kappa shape index (κ3) is 5.13. The Morgan fingerprint density at radius 3 is 2.04 bits per heavy atom. The number of halogens is 2. The van der Waals surface area contributed by atoms with Gasteiger partial charge in [-0.2, -0.15) is 0 Å². The Morgan fingerprint density at radius 2 is 1.50 bits per heavy atom.